The number of nitrogens with one attached hydrogen (secondary N) is 1. The zero-order chi connectivity index (χ0) is 48.5. The molecule has 0 aromatic heterocycles. The SMILES string of the molecule is CCCCCCCCCC/C=C\CCCCCCCCCCCCCCCCCCCCCCCCCC(=O)NC(CO)C(O)/C=C/CCCCCCCCCCCCCCCCCCCC. The van der Waals surface area contributed by atoms with Crippen LogP contribution in [0.25, 0.3) is 0 Å². The molecule has 0 fully saturated rings. The number of amides is 1. The Morgan fingerprint density at radius 1 is 0.343 bits per heavy atom. The lowest BCUT2D eigenvalue weighted by Crippen LogP contribution is -2.45. The number of hydrogen-bond donors (Lipinski definition) is 3. The summed E-state index contributed by atoms with van der Waals surface area (Å²) < 4.78 is 0. The second-order valence-electron chi connectivity index (χ2n) is 21.5. The van der Waals surface area contributed by atoms with E-state index in [1.165, 1.54) is 308 Å². The Morgan fingerprint density at radius 3 is 0.821 bits per heavy atom. The second-order valence-corrected chi connectivity index (χ2v) is 21.5. The maximum absolute atomic E-state index is 12.5. The molecule has 67 heavy (non-hydrogen) atoms. The van der Waals surface area contributed by atoms with Gasteiger partial charge in [0.05, 0.1) is 18.8 Å². The van der Waals surface area contributed by atoms with Gasteiger partial charge >= 0.3 is 0 Å². The molecule has 1 amide bonds. The van der Waals surface area contributed by atoms with E-state index in [9.17, 15) is 15.0 Å². The third kappa shape index (κ3) is 55.7. The lowest BCUT2D eigenvalue weighted by Gasteiger charge is -2.20. The van der Waals surface area contributed by atoms with Crippen LogP contribution in [0.15, 0.2) is 24.3 Å². The molecule has 0 aliphatic rings. The number of unbranched alkanes of at least 4 members (excludes halogenated alkanes) is 49. The van der Waals surface area contributed by atoms with Crippen molar-refractivity contribution in [2.45, 2.75) is 366 Å². The van der Waals surface area contributed by atoms with E-state index in [-0.39, 0.29) is 12.5 Å². The largest absolute Gasteiger partial charge is 0.394 e. The van der Waals surface area contributed by atoms with Crippen LogP contribution in [0.2, 0.25) is 0 Å². The Morgan fingerprint density at radius 2 is 0.567 bits per heavy atom. The smallest absolute Gasteiger partial charge is 0.220 e. The average Bonchev–Trinajstić information content (AvgIpc) is 3.33. The van der Waals surface area contributed by atoms with Crippen molar-refractivity contribution in [1.29, 1.82) is 0 Å². The summed E-state index contributed by atoms with van der Waals surface area (Å²) in [5.74, 6) is -0.0559. The minimum Gasteiger partial charge on any atom is -0.394 e. The molecule has 2 atom stereocenters. The van der Waals surface area contributed by atoms with Gasteiger partial charge in [-0.2, -0.15) is 0 Å². The minimum atomic E-state index is -0.837. The highest BCUT2D eigenvalue weighted by molar-refractivity contribution is 5.76. The first-order chi connectivity index (χ1) is 33.2. The van der Waals surface area contributed by atoms with Crippen molar-refractivity contribution in [3.05, 3.63) is 24.3 Å². The second kappa shape index (κ2) is 59.2. The molecule has 0 bridgehead atoms. The average molecular weight is 943 g/mol. The van der Waals surface area contributed by atoms with Crippen molar-refractivity contribution in [2.24, 2.45) is 0 Å². The van der Waals surface area contributed by atoms with E-state index in [1.807, 2.05) is 6.08 Å². The Bertz CT molecular complexity index is 978. The quantitative estimate of drug-likeness (QED) is 0.0420. The van der Waals surface area contributed by atoms with E-state index in [1.54, 1.807) is 6.08 Å². The predicted molar refractivity (Wildman–Crippen MR) is 299 cm³/mol. The maximum atomic E-state index is 12.5. The van der Waals surface area contributed by atoms with E-state index in [0.717, 1.165) is 25.7 Å². The number of aliphatic hydroxyl groups excluding tert-OH is 2. The van der Waals surface area contributed by atoms with Gasteiger partial charge in [-0.25, -0.2) is 0 Å². The normalized spacial score (nSPS) is 12.8. The van der Waals surface area contributed by atoms with Crippen molar-refractivity contribution in [3.63, 3.8) is 0 Å². The van der Waals surface area contributed by atoms with Gasteiger partial charge in [0.1, 0.15) is 0 Å². The van der Waals surface area contributed by atoms with E-state index >= 15 is 0 Å². The predicted octanol–water partition coefficient (Wildman–Crippen LogP) is 20.7. The van der Waals surface area contributed by atoms with Gasteiger partial charge in [-0.15, -0.1) is 0 Å². The fourth-order valence-electron chi connectivity index (χ4n) is 9.94. The maximum Gasteiger partial charge on any atom is 0.220 e. The summed E-state index contributed by atoms with van der Waals surface area (Å²) in [6.45, 7) is 4.35. The van der Waals surface area contributed by atoms with Crippen molar-refractivity contribution in [1.82, 2.24) is 5.32 Å². The molecule has 0 aliphatic carbocycles. The summed E-state index contributed by atoms with van der Waals surface area (Å²) in [4.78, 5) is 12.5. The van der Waals surface area contributed by atoms with Gasteiger partial charge in [0.15, 0.2) is 0 Å². The highest BCUT2D eigenvalue weighted by Crippen LogP contribution is 2.18. The van der Waals surface area contributed by atoms with Crippen LogP contribution in [0.4, 0.5) is 0 Å². The van der Waals surface area contributed by atoms with Crippen LogP contribution < -0.4 is 5.32 Å². The first kappa shape index (κ1) is 65.9. The molecule has 0 aromatic carbocycles. The summed E-state index contributed by atoms with van der Waals surface area (Å²) >= 11 is 0. The molecule has 3 N–H and O–H groups in total. The standard InChI is InChI=1S/C63H123NO3/c1-3-5-7-9-11-13-15-17-19-21-23-25-26-27-28-29-30-31-32-33-34-35-36-37-38-39-41-43-45-47-49-51-53-55-57-59-63(67)64-61(60-65)62(66)58-56-54-52-50-48-46-44-42-40-24-22-20-18-16-14-12-10-8-6-4-2/h21,23,56,58,61-62,65-66H,3-20,22,24-55,57,59-60H2,1-2H3,(H,64,67)/b23-21-,58-56+. The summed E-state index contributed by atoms with van der Waals surface area (Å²) in [5, 5.41) is 23.2. The molecule has 398 valence electrons. The summed E-state index contributed by atoms with van der Waals surface area (Å²) in [6.07, 6.45) is 79.5. The molecule has 0 rings (SSSR count). The van der Waals surface area contributed by atoms with Crippen molar-refractivity contribution in [2.75, 3.05) is 6.61 Å². The Balaban J connectivity index is 3.40. The number of allylic oxidation sites excluding steroid dienone is 3. The summed E-state index contributed by atoms with van der Waals surface area (Å²) in [6, 6.07) is -0.620. The number of carbonyl (C=O) groups excluding carboxylic acids is 1. The van der Waals surface area contributed by atoms with Gasteiger partial charge in [-0.1, -0.05) is 327 Å². The number of carbonyl (C=O) groups is 1. The summed E-state index contributed by atoms with van der Waals surface area (Å²) in [5.41, 5.74) is 0. The van der Waals surface area contributed by atoms with Gasteiger partial charge in [-0.05, 0) is 44.9 Å². The summed E-state index contributed by atoms with van der Waals surface area (Å²) in [7, 11) is 0. The fraction of sp³-hybridized carbons (Fsp3) is 0.921. The number of aliphatic hydroxyl groups is 2. The Hall–Kier alpha value is -1.13. The molecule has 0 aromatic rings. The third-order valence-electron chi connectivity index (χ3n) is 14.7. The zero-order valence-corrected chi connectivity index (χ0v) is 46.0. The van der Waals surface area contributed by atoms with Crippen LogP contribution in [0, 0.1) is 0 Å². The molecule has 0 saturated heterocycles. The van der Waals surface area contributed by atoms with Gasteiger partial charge in [-0.3, -0.25) is 4.79 Å². The van der Waals surface area contributed by atoms with Gasteiger partial charge in [0, 0.05) is 6.42 Å². The first-order valence-electron chi connectivity index (χ1n) is 31.1. The monoisotopic (exact) mass is 942 g/mol. The van der Waals surface area contributed by atoms with E-state index < -0.39 is 12.1 Å². The van der Waals surface area contributed by atoms with Gasteiger partial charge < -0.3 is 15.5 Å². The van der Waals surface area contributed by atoms with Crippen LogP contribution in [0.3, 0.4) is 0 Å². The van der Waals surface area contributed by atoms with Crippen LogP contribution in [-0.2, 0) is 4.79 Å². The van der Waals surface area contributed by atoms with Crippen LogP contribution in [0.5, 0.6) is 0 Å². The van der Waals surface area contributed by atoms with Crippen LogP contribution in [-0.4, -0.2) is 34.9 Å². The number of rotatable bonds is 58. The zero-order valence-electron chi connectivity index (χ0n) is 46.0. The number of hydrogen-bond acceptors (Lipinski definition) is 3. The molecule has 4 heteroatoms. The Kier molecular flexibility index (Phi) is 58.2. The topological polar surface area (TPSA) is 69.6 Å². The third-order valence-corrected chi connectivity index (χ3v) is 14.7. The van der Waals surface area contributed by atoms with E-state index in [0.29, 0.717) is 6.42 Å². The molecule has 2 unspecified atom stereocenters. The van der Waals surface area contributed by atoms with Gasteiger partial charge in [0.2, 0.25) is 5.91 Å². The lowest BCUT2D eigenvalue weighted by atomic mass is 10.0. The fourth-order valence-corrected chi connectivity index (χ4v) is 9.94. The van der Waals surface area contributed by atoms with Crippen LogP contribution in [0.1, 0.15) is 354 Å². The molecule has 4 nitrogen and oxygen atoms in total. The first-order valence-corrected chi connectivity index (χ1v) is 31.1. The lowest BCUT2D eigenvalue weighted by molar-refractivity contribution is -0.123. The molecule has 0 heterocycles. The van der Waals surface area contributed by atoms with Crippen molar-refractivity contribution < 1.29 is 15.0 Å². The molecular weight excluding hydrogens is 819 g/mol. The molecule has 0 aliphatic heterocycles. The van der Waals surface area contributed by atoms with Gasteiger partial charge in [0.25, 0.3) is 0 Å². The Labute approximate surface area is 421 Å². The molecule has 0 radical (unpaired) electrons. The highest BCUT2D eigenvalue weighted by Gasteiger charge is 2.18. The van der Waals surface area contributed by atoms with E-state index in [2.05, 4.69) is 31.3 Å². The van der Waals surface area contributed by atoms with Crippen LogP contribution >= 0.6 is 0 Å². The molecule has 0 saturated carbocycles. The molecular formula is C63H123NO3. The highest BCUT2D eigenvalue weighted by atomic mass is 16.3. The van der Waals surface area contributed by atoms with Crippen molar-refractivity contribution >= 4 is 5.91 Å². The minimum absolute atomic E-state index is 0.0559. The van der Waals surface area contributed by atoms with Crippen molar-refractivity contribution in [3.8, 4) is 0 Å². The molecule has 0 spiro atoms. The van der Waals surface area contributed by atoms with E-state index in [4.69, 9.17) is 0 Å².